The third-order valence-corrected chi connectivity index (χ3v) is 3.22. The van der Waals surface area contributed by atoms with Crippen LogP contribution in [0.1, 0.15) is 5.56 Å². The van der Waals surface area contributed by atoms with E-state index in [2.05, 4.69) is 15.9 Å². The average molecular weight is 293 g/mol. The molecule has 1 fully saturated rings. The zero-order chi connectivity index (χ0) is 11.1. The van der Waals surface area contributed by atoms with Gasteiger partial charge in [0.2, 0.25) is 0 Å². The molecular formula is C10H8BrClFNO. The number of carbonyl (C=O) groups is 1. The van der Waals surface area contributed by atoms with Gasteiger partial charge in [-0.25, -0.2) is 4.39 Å². The summed E-state index contributed by atoms with van der Waals surface area (Å²) in [5.74, 6) is -0.262. The van der Waals surface area contributed by atoms with Crippen LogP contribution in [0.2, 0.25) is 0 Å². The summed E-state index contributed by atoms with van der Waals surface area (Å²) in [6.07, 6.45) is 0. The molecule has 0 spiro atoms. The Hall–Kier alpha value is -0.610. The summed E-state index contributed by atoms with van der Waals surface area (Å²) in [6.45, 7) is 0.0275. The largest absolute Gasteiger partial charge is 0.304 e. The topological polar surface area (TPSA) is 20.3 Å². The van der Waals surface area contributed by atoms with Gasteiger partial charge in [-0.05, 0) is 27.6 Å². The molecule has 0 aliphatic carbocycles. The minimum atomic E-state index is -1.90. The van der Waals surface area contributed by atoms with Crippen LogP contribution in [0, 0.1) is 0 Å². The van der Waals surface area contributed by atoms with Crippen LogP contribution in [-0.4, -0.2) is 17.0 Å². The van der Waals surface area contributed by atoms with Crippen LogP contribution in [0.15, 0.2) is 24.3 Å². The Bertz CT molecular complexity index is 410. The van der Waals surface area contributed by atoms with Gasteiger partial charge < -0.3 is 4.90 Å². The summed E-state index contributed by atoms with van der Waals surface area (Å²) in [5.41, 5.74) is 1.51. The Kier molecular flexibility index (Phi) is 2.73. The highest BCUT2D eigenvalue weighted by atomic mass is 79.9. The summed E-state index contributed by atoms with van der Waals surface area (Å²) in [4.78, 5) is 12.8. The van der Waals surface area contributed by atoms with E-state index in [1.165, 1.54) is 4.90 Å². The lowest BCUT2D eigenvalue weighted by Crippen LogP contribution is -2.61. The Morgan fingerprint density at radius 2 is 2.20 bits per heavy atom. The standard InChI is InChI=1S/C10H8BrClFNO/c11-10(13)6-14(9(10)15)8-4-2-1-3-7(8)5-12/h1-4H,5-6H2/t10-/m1/s1. The Morgan fingerprint density at radius 3 is 2.73 bits per heavy atom. The van der Waals surface area contributed by atoms with E-state index in [-0.39, 0.29) is 6.54 Å². The average Bonchev–Trinajstić information content (AvgIpc) is 2.25. The van der Waals surface area contributed by atoms with Gasteiger partial charge in [0.25, 0.3) is 10.5 Å². The van der Waals surface area contributed by atoms with Crippen molar-refractivity contribution in [2.75, 3.05) is 11.4 Å². The van der Waals surface area contributed by atoms with E-state index in [1.54, 1.807) is 12.1 Å². The number of benzene rings is 1. The number of alkyl halides is 3. The minimum absolute atomic E-state index is 0.0275. The van der Waals surface area contributed by atoms with Crippen LogP contribution in [0.4, 0.5) is 10.1 Å². The smallest absolute Gasteiger partial charge is 0.277 e. The zero-order valence-electron chi connectivity index (χ0n) is 7.71. The normalized spacial score (nSPS) is 25.3. The van der Waals surface area contributed by atoms with Gasteiger partial charge in [0.1, 0.15) is 0 Å². The first-order chi connectivity index (χ1) is 7.06. The summed E-state index contributed by atoms with van der Waals surface area (Å²) in [7, 11) is 0. The van der Waals surface area contributed by atoms with Gasteiger partial charge in [0, 0.05) is 11.6 Å². The molecule has 0 bridgehead atoms. The first kappa shape index (κ1) is 10.9. The molecule has 1 atom stereocenters. The molecule has 0 saturated carbocycles. The van der Waals surface area contributed by atoms with Crippen LogP contribution in [0.5, 0.6) is 0 Å². The van der Waals surface area contributed by atoms with Gasteiger partial charge in [-0.3, -0.25) is 4.79 Å². The van der Waals surface area contributed by atoms with Crippen LogP contribution < -0.4 is 4.90 Å². The Morgan fingerprint density at radius 1 is 1.53 bits per heavy atom. The molecule has 5 heteroatoms. The molecule has 1 saturated heterocycles. The second kappa shape index (κ2) is 3.76. The van der Waals surface area contributed by atoms with Crippen LogP contribution >= 0.6 is 27.5 Å². The molecule has 2 rings (SSSR count). The van der Waals surface area contributed by atoms with Crippen molar-refractivity contribution in [3.63, 3.8) is 0 Å². The predicted octanol–water partition coefficient (Wildman–Crippen LogP) is 2.83. The predicted molar refractivity (Wildman–Crippen MR) is 61.1 cm³/mol. The van der Waals surface area contributed by atoms with Crippen molar-refractivity contribution in [3.8, 4) is 0 Å². The van der Waals surface area contributed by atoms with E-state index >= 15 is 0 Å². The maximum Gasteiger partial charge on any atom is 0.277 e. The number of hydrogen-bond acceptors (Lipinski definition) is 1. The van der Waals surface area contributed by atoms with Crippen molar-refractivity contribution >= 4 is 39.1 Å². The molecule has 0 aromatic heterocycles. The maximum absolute atomic E-state index is 13.3. The van der Waals surface area contributed by atoms with E-state index in [9.17, 15) is 9.18 Å². The maximum atomic E-state index is 13.3. The molecule has 1 aliphatic rings. The van der Waals surface area contributed by atoms with Gasteiger partial charge in [-0.1, -0.05) is 18.2 Å². The van der Waals surface area contributed by atoms with E-state index in [4.69, 9.17) is 11.6 Å². The van der Waals surface area contributed by atoms with Gasteiger partial charge in [0.05, 0.1) is 6.54 Å². The zero-order valence-corrected chi connectivity index (χ0v) is 10.1. The SMILES string of the molecule is O=C1N(c2ccccc2CCl)C[C@]1(F)Br. The van der Waals surface area contributed by atoms with Gasteiger partial charge in [0.15, 0.2) is 0 Å². The summed E-state index contributed by atoms with van der Waals surface area (Å²) in [6, 6.07) is 7.22. The molecule has 1 aromatic rings. The number of anilines is 1. The van der Waals surface area contributed by atoms with Gasteiger partial charge >= 0.3 is 0 Å². The van der Waals surface area contributed by atoms with Crippen LogP contribution in [0.3, 0.4) is 0 Å². The molecule has 0 N–H and O–H groups in total. The number of rotatable bonds is 2. The summed E-state index contributed by atoms with van der Waals surface area (Å²) < 4.78 is 11.4. The van der Waals surface area contributed by atoms with Crippen molar-refractivity contribution in [1.82, 2.24) is 0 Å². The molecule has 1 heterocycles. The first-order valence-corrected chi connectivity index (χ1v) is 5.72. The molecular weight excluding hydrogens is 284 g/mol. The molecule has 80 valence electrons. The molecule has 0 unspecified atom stereocenters. The second-order valence-electron chi connectivity index (χ2n) is 3.36. The molecule has 0 radical (unpaired) electrons. The van der Waals surface area contributed by atoms with E-state index in [0.29, 0.717) is 11.6 Å². The van der Waals surface area contributed by atoms with E-state index < -0.39 is 10.5 Å². The molecule has 1 aromatic carbocycles. The van der Waals surface area contributed by atoms with Crippen LogP contribution in [-0.2, 0) is 10.7 Å². The second-order valence-corrected chi connectivity index (χ2v) is 4.88. The minimum Gasteiger partial charge on any atom is -0.304 e. The quantitative estimate of drug-likeness (QED) is 0.606. The number of para-hydroxylation sites is 1. The van der Waals surface area contributed by atoms with Crippen molar-refractivity contribution in [2.24, 2.45) is 0 Å². The van der Waals surface area contributed by atoms with Crippen molar-refractivity contribution in [1.29, 1.82) is 0 Å². The Balaban J connectivity index is 2.29. The molecule has 15 heavy (non-hydrogen) atoms. The van der Waals surface area contributed by atoms with Crippen LogP contribution in [0.25, 0.3) is 0 Å². The van der Waals surface area contributed by atoms with E-state index in [0.717, 1.165) is 5.56 Å². The highest BCUT2D eigenvalue weighted by molar-refractivity contribution is 9.10. The lowest BCUT2D eigenvalue weighted by atomic mass is 10.1. The Labute approximate surface area is 100 Å². The van der Waals surface area contributed by atoms with Gasteiger partial charge in [-0.15, -0.1) is 11.6 Å². The molecule has 1 amide bonds. The number of β-lactam (4-membered cyclic amide) rings is 1. The lowest BCUT2D eigenvalue weighted by molar-refractivity contribution is -0.130. The number of hydrogen-bond donors (Lipinski definition) is 0. The fourth-order valence-corrected chi connectivity index (χ4v) is 2.22. The summed E-state index contributed by atoms with van der Waals surface area (Å²) >= 11 is 8.46. The van der Waals surface area contributed by atoms with Crippen molar-refractivity contribution in [2.45, 2.75) is 10.5 Å². The lowest BCUT2D eigenvalue weighted by Gasteiger charge is -2.40. The van der Waals surface area contributed by atoms with Gasteiger partial charge in [-0.2, -0.15) is 0 Å². The fraction of sp³-hybridized carbons (Fsp3) is 0.300. The summed E-state index contributed by atoms with van der Waals surface area (Å²) in [5, 5.41) is 0. The molecule has 2 nitrogen and oxygen atoms in total. The third-order valence-electron chi connectivity index (χ3n) is 2.34. The number of halogens is 3. The number of nitrogens with zero attached hydrogens (tertiary/aromatic N) is 1. The van der Waals surface area contributed by atoms with Crippen molar-refractivity contribution in [3.05, 3.63) is 29.8 Å². The molecule has 1 aliphatic heterocycles. The third kappa shape index (κ3) is 1.76. The van der Waals surface area contributed by atoms with E-state index in [1.807, 2.05) is 12.1 Å². The van der Waals surface area contributed by atoms with Crippen molar-refractivity contribution < 1.29 is 9.18 Å². The monoisotopic (exact) mass is 291 g/mol. The number of amides is 1. The highest BCUT2D eigenvalue weighted by Gasteiger charge is 2.52. The highest BCUT2D eigenvalue weighted by Crippen LogP contribution is 2.38. The first-order valence-electron chi connectivity index (χ1n) is 4.40. The fourth-order valence-electron chi connectivity index (χ4n) is 1.53. The number of carbonyl (C=O) groups excluding carboxylic acids is 1.